The minimum Gasteiger partial charge on any atom is -0.496 e. The largest absolute Gasteiger partial charge is 0.496 e. The summed E-state index contributed by atoms with van der Waals surface area (Å²) in [6.45, 7) is 7.95. The summed E-state index contributed by atoms with van der Waals surface area (Å²) in [5.41, 5.74) is 14.8. The average Bonchev–Trinajstić information content (AvgIpc) is 3.05. The minimum atomic E-state index is -0.368. The monoisotopic (exact) mass is 761 g/mol. The van der Waals surface area contributed by atoms with Crippen LogP contribution in [0.3, 0.4) is 0 Å². The number of aryl methyl sites for hydroxylation is 2. The van der Waals surface area contributed by atoms with Crippen LogP contribution in [0.15, 0.2) is 63.6 Å². The second-order valence-corrected chi connectivity index (χ2v) is 12.7. The quantitative estimate of drug-likeness (QED) is 0.0740. The molecule has 0 atom stereocenters. The Morgan fingerprint density at radius 1 is 0.792 bits per heavy atom. The smallest absolute Gasteiger partial charge is 0.282 e. The lowest BCUT2D eigenvalue weighted by atomic mass is 10.0. The summed E-state index contributed by atoms with van der Waals surface area (Å²) in [4.78, 5) is 45.5. The number of ether oxygens (including phenoxy) is 2. The SMILES string of the molecule is C.CCSc1ncc(C(=O)N(C)OC)c(N)n1.CCSc1ncc(C(=O)c2cc(C)ccc2OC)c(N)n1.COc1ccc(C)cc1Br. The summed E-state index contributed by atoms with van der Waals surface area (Å²) in [5.74, 6) is 2.84. The Hall–Kier alpha value is -3.92. The van der Waals surface area contributed by atoms with Crippen molar-refractivity contribution in [3.8, 4) is 11.5 Å². The number of thioether (sulfide) groups is 2. The van der Waals surface area contributed by atoms with E-state index in [1.54, 1.807) is 19.2 Å². The van der Waals surface area contributed by atoms with Gasteiger partial charge >= 0.3 is 0 Å². The molecule has 0 radical (unpaired) electrons. The van der Waals surface area contributed by atoms with Crippen LogP contribution in [0.2, 0.25) is 0 Å². The number of halogens is 1. The molecule has 0 spiro atoms. The molecule has 0 bridgehead atoms. The number of hydrogen-bond acceptors (Lipinski definition) is 13. The van der Waals surface area contributed by atoms with Crippen molar-refractivity contribution in [3.63, 3.8) is 0 Å². The van der Waals surface area contributed by atoms with Crippen LogP contribution in [0.4, 0.5) is 11.6 Å². The van der Waals surface area contributed by atoms with E-state index >= 15 is 0 Å². The number of carbonyl (C=O) groups excluding carboxylic acids is 2. The third-order valence-corrected chi connectivity index (χ3v) is 8.19. The van der Waals surface area contributed by atoms with E-state index < -0.39 is 0 Å². The summed E-state index contributed by atoms with van der Waals surface area (Å²) in [6.07, 6.45) is 2.89. The Labute approximate surface area is 299 Å². The number of nitrogen functional groups attached to an aromatic ring is 2. The van der Waals surface area contributed by atoms with Crippen molar-refractivity contribution in [2.24, 2.45) is 0 Å². The van der Waals surface area contributed by atoms with Crippen LogP contribution < -0.4 is 20.9 Å². The molecule has 0 fully saturated rings. The van der Waals surface area contributed by atoms with Gasteiger partial charge in [0.05, 0.1) is 36.9 Å². The van der Waals surface area contributed by atoms with E-state index in [-0.39, 0.29) is 36.3 Å². The van der Waals surface area contributed by atoms with Gasteiger partial charge in [-0.2, -0.15) is 0 Å². The predicted molar refractivity (Wildman–Crippen MR) is 198 cm³/mol. The fraction of sp³-hybridized carbons (Fsp3) is 0.333. The van der Waals surface area contributed by atoms with E-state index in [1.807, 2.05) is 52.0 Å². The lowest BCUT2D eigenvalue weighted by Gasteiger charge is -2.14. The number of ketones is 1. The highest BCUT2D eigenvalue weighted by atomic mass is 79.9. The molecule has 4 aromatic rings. The molecule has 0 saturated carbocycles. The van der Waals surface area contributed by atoms with Gasteiger partial charge in [0.15, 0.2) is 10.3 Å². The highest BCUT2D eigenvalue weighted by Gasteiger charge is 2.19. The van der Waals surface area contributed by atoms with E-state index in [0.29, 0.717) is 27.2 Å². The number of aromatic nitrogens is 4. The predicted octanol–water partition coefficient (Wildman–Crippen LogP) is 6.93. The number of nitrogens with zero attached hydrogens (tertiary/aromatic N) is 5. The van der Waals surface area contributed by atoms with Gasteiger partial charge in [-0.1, -0.05) is 62.5 Å². The molecule has 15 heteroatoms. The second kappa shape index (κ2) is 21.1. The van der Waals surface area contributed by atoms with Crippen LogP contribution in [-0.2, 0) is 4.84 Å². The van der Waals surface area contributed by atoms with Gasteiger partial charge in [0.25, 0.3) is 5.91 Å². The first-order chi connectivity index (χ1) is 22.4. The van der Waals surface area contributed by atoms with Gasteiger partial charge < -0.3 is 20.9 Å². The summed E-state index contributed by atoms with van der Waals surface area (Å²) in [7, 11) is 6.09. The average molecular weight is 763 g/mol. The normalized spacial score (nSPS) is 9.94. The summed E-state index contributed by atoms with van der Waals surface area (Å²) in [5, 5.41) is 2.21. The zero-order valence-electron chi connectivity index (χ0n) is 27.7. The highest BCUT2D eigenvalue weighted by Crippen LogP contribution is 2.26. The van der Waals surface area contributed by atoms with Crippen molar-refractivity contribution in [1.82, 2.24) is 25.0 Å². The van der Waals surface area contributed by atoms with Gasteiger partial charge in [0, 0.05) is 19.4 Å². The van der Waals surface area contributed by atoms with Crippen LogP contribution in [0.5, 0.6) is 11.5 Å². The van der Waals surface area contributed by atoms with Crippen molar-refractivity contribution in [2.75, 3.05) is 51.4 Å². The second-order valence-electron chi connectivity index (χ2n) is 9.43. The Balaban J connectivity index is 0.000000379. The topological polar surface area (TPSA) is 169 Å². The summed E-state index contributed by atoms with van der Waals surface area (Å²) >= 11 is 6.33. The lowest BCUT2D eigenvalue weighted by molar-refractivity contribution is -0.0756. The fourth-order valence-electron chi connectivity index (χ4n) is 3.66. The molecule has 12 nitrogen and oxygen atoms in total. The molecule has 0 aliphatic heterocycles. The summed E-state index contributed by atoms with van der Waals surface area (Å²) < 4.78 is 11.3. The minimum absolute atomic E-state index is 0. The molecule has 2 aromatic carbocycles. The molecule has 0 unspecified atom stereocenters. The van der Waals surface area contributed by atoms with Crippen molar-refractivity contribution in [1.29, 1.82) is 0 Å². The van der Waals surface area contributed by atoms with Gasteiger partial charge in [-0.15, -0.1) is 0 Å². The first-order valence-corrected chi connectivity index (χ1v) is 17.0. The third-order valence-electron chi connectivity index (χ3n) is 6.08. The number of benzene rings is 2. The molecular weight excluding hydrogens is 718 g/mol. The molecule has 0 aliphatic carbocycles. The Morgan fingerprint density at radius 2 is 1.27 bits per heavy atom. The third kappa shape index (κ3) is 12.3. The first kappa shape index (κ1) is 42.1. The maximum atomic E-state index is 12.6. The van der Waals surface area contributed by atoms with E-state index in [9.17, 15) is 9.59 Å². The number of carbonyl (C=O) groups is 2. The number of amides is 1. The molecule has 2 aromatic heterocycles. The molecular formula is C33H44BrN7O5S2. The van der Waals surface area contributed by atoms with E-state index in [4.69, 9.17) is 25.8 Å². The zero-order chi connectivity index (χ0) is 35.1. The van der Waals surface area contributed by atoms with Crippen LogP contribution in [0, 0.1) is 13.8 Å². The number of hydroxylamine groups is 2. The van der Waals surface area contributed by atoms with E-state index in [1.165, 1.54) is 62.7 Å². The van der Waals surface area contributed by atoms with Crippen molar-refractivity contribution < 1.29 is 23.9 Å². The van der Waals surface area contributed by atoms with E-state index in [0.717, 1.165) is 32.4 Å². The van der Waals surface area contributed by atoms with Crippen LogP contribution in [0.1, 0.15) is 58.7 Å². The van der Waals surface area contributed by atoms with Crippen LogP contribution in [-0.4, -0.2) is 76.6 Å². The highest BCUT2D eigenvalue weighted by molar-refractivity contribution is 9.10. The fourth-order valence-corrected chi connectivity index (χ4v) is 5.41. The Morgan fingerprint density at radius 3 is 1.71 bits per heavy atom. The molecule has 2 heterocycles. The maximum Gasteiger partial charge on any atom is 0.282 e. The first-order valence-electron chi connectivity index (χ1n) is 14.2. The molecule has 0 saturated heterocycles. The van der Waals surface area contributed by atoms with Crippen LogP contribution in [0.25, 0.3) is 0 Å². The molecule has 4 rings (SSSR count). The molecule has 0 aliphatic rings. The number of anilines is 2. The van der Waals surface area contributed by atoms with Gasteiger partial charge in [-0.3, -0.25) is 14.4 Å². The van der Waals surface area contributed by atoms with Crippen molar-refractivity contribution in [2.45, 2.75) is 45.4 Å². The van der Waals surface area contributed by atoms with Crippen molar-refractivity contribution >= 4 is 62.8 Å². The Kier molecular flexibility index (Phi) is 18.5. The Bertz CT molecular complexity index is 1660. The number of hydrogen-bond donors (Lipinski definition) is 2. The van der Waals surface area contributed by atoms with Gasteiger partial charge in [-0.05, 0) is 71.1 Å². The maximum absolute atomic E-state index is 12.6. The van der Waals surface area contributed by atoms with Gasteiger partial charge in [0.2, 0.25) is 5.78 Å². The number of nitrogens with two attached hydrogens (primary N) is 2. The van der Waals surface area contributed by atoms with Gasteiger partial charge in [-0.25, -0.2) is 25.0 Å². The number of methoxy groups -OCH3 is 2. The summed E-state index contributed by atoms with van der Waals surface area (Å²) in [6, 6.07) is 11.4. The van der Waals surface area contributed by atoms with E-state index in [2.05, 4.69) is 35.9 Å². The number of rotatable bonds is 10. The van der Waals surface area contributed by atoms with Gasteiger partial charge in [0.1, 0.15) is 28.7 Å². The zero-order valence-corrected chi connectivity index (χ0v) is 30.9. The molecule has 260 valence electrons. The molecule has 4 N–H and O–H groups in total. The standard InChI is InChI=1S/C15H17N3O2S.C9H14N4O2S.C8H9BrO.CH4/c1-4-21-15-17-8-11(14(16)18-15)13(19)10-7-9(2)5-6-12(10)20-3;1-4-16-9-11-5-6(7(10)12-9)8(14)13(2)15-3;1-6-3-4-8(10-2)7(9)5-6;/h5-8H,4H2,1-3H3,(H2,16,17,18);5H,4H2,1-3H3,(H2,10,11,12);3-5H,1-2H3;1H4. The molecule has 1 amide bonds. The van der Waals surface area contributed by atoms with Crippen LogP contribution >= 0.6 is 39.5 Å². The lowest BCUT2D eigenvalue weighted by Crippen LogP contribution is -2.26. The molecule has 48 heavy (non-hydrogen) atoms. The van der Waals surface area contributed by atoms with Crippen molar-refractivity contribution in [3.05, 3.63) is 81.1 Å².